The van der Waals surface area contributed by atoms with E-state index in [1.807, 2.05) is 13.8 Å². The van der Waals surface area contributed by atoms with E-state index in [1.54, 1.807) is 24.3 Å². The van der Waals surface area contributed by atoms with Gasteiger partial charge in [0.15, 0.2) is 18.1 Å². The van der Waals surface area contributed by atoms with Crippen LogP contribution >= 0.6 is 11.3 Å². The molecule has 7 nitrogen and oxygen atoms in total. The monoisotopic (exact) mass is 405 g/mol. The van der Waals surface area contributed by atoms with Crippen molar-refractivity contribution >= 4 is 29.0 Å². The molecular weight excluding hydrogens is 382 g/mol. The highest BCUT2D eigenvalue weighted by Gasteiger charge is 2.16. The Labute approximate surface area is 167 Å². The van der Waals surface area contributed by atoms with E-state index >= 15 is 0 Å². The zero-order valence-corrected chi connectivity index (χ0v) is 16.9. The van der Waals surface area contributed by atoms with Gasteiger partial charge in [-0.2, -0.15) is 0 Å². The summed E-state index contributed by atoms with van der Waals surface area (Å²) < 4.78 is 16.1. The number of esters is 1. The number of carbonyl (C=O) groups excluding carboxylic acids is 3. The van der Waals surface area contributed by atoms with Gasteiger partial charge in [-0.3, -0.25) is 9.59 Å². The molecule has 0 saturated carbocycles. The fraction of sp³-hybridized carbons (Fsp3) is 0.350. The maximum absolute atomic E-state index is 12.3. The van der Waals surface area contributed by atoms with Crippen molar-refractivity contribution in [3.05, 3.63) is 45.6 Å². The summed E-state index contributed by atoms with van der Waals surface area (Å²) in [6.07, 6.45) is 0. The van der Waals surface area contributed by atoms with Crippen LogP contribution < -0.4 is 14.8 Å². The molecule has 0 aliphatic heterocycles. The minimum atomic E-state index is -0.618. The van der Waals surface area contributed by atoms with Crippen molar-refractivity contribution in [3.8, 4) is 11.5 Å². The van der Waals surface area contributed by atoms with Crippen molar-refractivity contribution in [2.24, 2.45) is 0 Å². The van der Waals surface area contributed by atoms with E-state index in [0.29, 0.717) is 36.1 Å². The molecule has 28 heavy (non-hydrogen) atoms. The highest BCUT2D eigenvalue weighted by Crippen LogP contribution is 2.29. The summed E-state index contributed by atoms with van der Waals surface area (Å²) >= 11 is 1.25. The lowest BCUT2D eigenvalue weighted by Gasteiger charge is -2.12. The molecule has 0 radical (unpaired) electrons. The van der Waals surface area contributed by atoms with Gasteiger partial charge in [0.2, 0.25) is 11.7 Å². The molecule has 0 atom stereocenters. The number of ether oxygens (including phenoxy) is 3. The number of Topliss-reactive ketones (excluding diaryl/α,β-unsaturated/α-hetero) is 1. The smallest absolute Gasteiger partial charge is 0.338 e. The number of carbonyl (C=O) groups is 3. The first kappa shape index (κ1) is 21.4. The second-order valence-corrected chi connectivity index (χ2v) is 6.87. The van der Waals surface area contributed by atoms with Crippen LogP contribution in [0.5, 0.6) is 11.5 Å². The lowest BCUT2D eigenvalue weighted by Crippen LogP contribution is -2.18. The number of amides is 1. The van der Waals surface area contributed by atoms with Crippen molar-refractivity contribution in [1.82, 2.24) is 5.32 Å². The lowest BCUT2D eigenvalue weighted by molar-refractivity contribution is -0.119. The summed E-state index contributed by atoms with van der Waals surface area (Å²) in [5.74, 6) is -0.0685. The van der Waals surface area contributed by atoms with Crippen LogP contribution in [0.2, 0.25) is 0 Å². The van der Waals surface area contributed by atoms with Gasteiger partial charge in [-0.05, 0) is 44.2 Å². The minimum absolute atomic E-state index is 0.142. The molecule has 2 rings (SSSR count). The van der Waals surface area contributed by atoms with Crippen LogP contribution in [0.1, 0.15) is 45.7 Å². The molecule has 8 heteroatoms. The van der Waals surface area contributed by atoms with E-state index in [9.17, 15) is 14.4 Å². The zero-order chi connectivity index (χ0) is 20.5. The van der Waals surface area contributed by atoms with Crippen molar-refractivity contribution < 1.29 is 28.6 Å². The first-order valence-corrected chi connectivity index (χ1v) is 9.69. The van der Waals surface area contributed by atoms with Crippen LogP contribution in [0.15, 0.2) is 30.3 Å². The molecule has 1 aromatic carbocycles. The normalized spacial score (nSPS) is 10.2. The Morgan fingerprint density at radius 2 is 1.71 bits per heavy atom. The standard InChI is InChI=1S/C20H23NO6S/c1-4-25-17-8-6-14(10-18(17)26-5-2)20(24)27-12-16(23)19-9-7-15(28-19)11-21-13(3)22/h6-10H,4-5,11-12H2,1-3H3,(H,21,22). The number of hydrogen-bond donors (Lipinski definition) is 1. The Hall–Kier alpha value is -2.87. The summed E-state index contributed by atoms with van der Waals surface area (Å²) in [5, 5.41) is 2.67. The number of ketones is 1. The van der Waals surface area contributed by atoms with Crippen LogP contribution in [0.25, 0.3) is 0 Å². The van der Waals surface area contributed by atoms with E-state index < -0.39 is 5.97 Å². The average molecular weight is 405 g/mol. The summed E-state index contributed by atoms with van der Waals surface area (Å²) in [7, 11) is 0. The van der Waals surface area contributed by atoms with Gasteiger partial charge in [0, 0.05) is 11.8 Å². The molecule has 0 aliphatic carbocycles. The number of benzene rings is 1. The molecule has 0 bridgehead atoms. The van der Waals surface area contributed by atoms with Crippen molar-refractivity contribution in [1.29, 1.82) is 0 Å². The van der Waals surface area contributed by atoms with E-state index in [-0.39, 0.29) is 23.9 Å². The van der Waals surface area contributed by atoms with E-state index in [2.05, 4.69) is 5.32 Å². The van der Waals surface area contributed by atoms with Gasteiger partial charge >= 0.3 is 5.97 Å². The zero-order valence-electron chi connectivity index (χ0n) is 16.1. The van der Waals surface area contributed by atoms with E-state index in [0.717, 1.165) is 4.88 Å². The van der Waals surface area contributed by atoms with Gasteiger partial charge in [0.05, 0.1) is 30.2 Å². The van der Waals surface area contributed by atoms with Gasteiger partial charge in [-0.1, -0.05) is 0 Å². The van der Waals surface area contributed by atoms with Gasteiger partial charge in [0.1, 0.15) is 0 Å². The molecule has 2 aromatic rings. The maximum atomic E-state index is 12.3. The molecular formula is C20H23NO6S. The van der Waals surface area contributed by atoms with Gasteiger partial charge in [-0.25, -0.2) is 4.79 Å². The molecule has 0 saturated heterocycles. The van der Waals surface area contributed by atoms with E-state index in [4.69, 9.17) is 14.2 Å². The molecule has 0 spiro atoms. The van der Waals surface area contributed by atoms with Crippen LogP contribution in [0, 0.1) is 0 Å². The predicted molar refractivity (Wildman–Crippen MR) is 105 cm³/mol. The van der Waals surface area contributed by atoms with Gasteiger partial charge in [-0.15, -0.1) is 11.3 Å². The van der Waals surface area contributed by atoms with Crippen LogP contribution in [-0.4, -0.2) is 37.5 Å². The molecule has 150 valence electrons. The highest BCUT2D eigenvalue weighted by molar-refractivity contribution is 7.14. The third-order valence-electron chi connectivity index (χ3n) is 3.56. The second-order valence-electron chi connectivity index (χ2n) is 5.70. The Kier molecular flexibility index (Phi) is 8.01. The first-order chi connectivity index (χ1) is 13.4. The summed E-state index contributed by atoms with van der Waals surface area (Å²) in [6.45, 7) is 6.02. The predicted octanol–water partition coefficient (Wildman–Crippen LogP) is 3.22. The molecule has 0 fully saturated rings. The number of nitrogens with one attached hydrogen (secondary N) is 1. The second kappa shape index (κ2) is 10.5. The Morgan fingerprint density at radius 1 is 1.00 bits per heavy atom. The molecule has 0 aliphatic rings. The number of hydrogen-bond acceptors (Lipinski definition) is 7. The molecule has 1 N–H and O–H groups in total. The van der Waals surface area contributed by atoms with Crippen LogP contribution in [0.3, 0.4) is 0 Å². The van der Waals surface area contributed by atoms with Crippen LogP contribution in [0.4, 0.5) is 0 Å². The van der Waals surface area contributed by atoms with Crippen molar-refractivity contribution in [3.63, 3.8) is 0 Å². The third kappa shape index (κ3) is 6.09. The van der Waals surface area contributed by atoms with Crippen LogP contribution in [-0.2, 0) is 16.1 Å². The van der Waals surface area contributed by atoms with Crippen molar-refractivity contribution in [2.45, 2.75) is 27.3 Å². The summed E-state index contributed by atoms with van der Waals surface area (Å²) in [5.41, 5.74) is 0.275. The van der Waals surface area contributed by atoms with E-state index in [1.165, 1.54) is 24.3 Å². The molecule has 1 aromatic heterocycles. The molecule has 1 amide bonds. The largest absolute Gasteiger partial charge is 0.490 e. The van der Waals surface area contributed by atoms with Gasteiger partial charge in [0.25, 0.3) is 0 Å². The Morgan fingerprint density at radius 3 is 2.39 bits per heavy atom. The van der Waals surface area contributed by atoms with Gasteiger partial charge < -0.3 is 19.5 Å². The highest BCUT2D eigenvalue weighted by atomic mass is 32.1. The Bertz CT molecular complexity index is 845. The third-order valence-corrected chi connectivity index (χ3v) is 4.69. The summed E-state index contributed by atoms with van der Waals surface area (Å²) in [6, 6.07) is 8.16. The fourth-order valence-electron chi connectivity index (χ4n) is 2.30. The minimum Gasteiger partial charge on any atom is -0.490 e. The lowest BCUT2D eigenvalue weighted by atomic mass is 10.2. The number of thiophene rings is 1. The summed E-state index contributed by atoms with van der Waals surface area (Å²) in [4.78, 5) is 36.8. The first-order valence-electron chi connectivity index (χ1n) is 8.87. The topological polar surface area (TPSA) is 90.9 Å². The quantitative estimate of drug-likeness (QED) is 0.482. The Balaban J connectivity index is 1.96. The van der Waals surface area contributed by atoms with Crippen molar-refractivity contribution in [2.75, 3.05) is 19.8 Å². The molecule has 1 heterocycles. The number of rotatable bonds is 10. The maximum Gasteiger partial charge on any atom is 0.338 e. The SMILES string of the molecule is CCOc1ccc(C(=O)OCC(=O)c2ccc(CNC(C)=O)s2)cc1OCC. The average Bonchev–Trinajstić information content (AvgIpc) is 3.15. The molecule has 0 unspecified atom stereocenters. The fourth-order valence-corrected chi connectivity index (χ4v) is 3.17.